The third kappa shape index (κ3) is 4.59. The van der Waals surface area contributed by atoms with Crippen LogP contribution in [0, 0.1) is 17.0 Å². The highest BCUT2D eigenvalue weighted by molar-refractivity contribution is 5.98. The van der Waals surface area contributed by atoms with Crippen molar-refractivity contribution in [3.05, 3.63) is 115 Å². The van der Waals surface area contributed by atoms with E-state index < -0.39 is 22.4 Å². The van der Waals surface area contributed by atoms with Crippen LogP contribution < -0.4 is 11.0 Å². The maximum absolute atomic E-state index is 13.4. The van der Waals surface area contributed by atoms with Gasteiger partial charge in [-0.25, -0.2) is 9.78 Å². The molecule has 0 bridgehead atoms. The summed E-state index contributed by atoms with van der Waals surface area (Å²) in [6.45, 7) is 3.06. The summed E-state index contributed by atoms with van der Waals surface area (Å²) in [6.07, 6.45) is 3.01. The van der Waals surface area contributed by atoms with Gasteiger partial charge in [0, 0.05) is 17.8 Å². The molecule has 0 unspecified atom stereocenters. The van der Waals surface area contributed by atoms with E-state index in [2.05, 4.69) is 9.98 Å². The van der Waals surface area contributed by atoms with Gasteiger partial charge in [0.05, 0.1) is 35.3 Å². The summed E-state index contributed by atoms with van der Waals surface area (Å²) < 4.78 is 13.5. The molecule has 0 saturated heterocycles. The zero-order valence-electron chi connectivity index (χ0n) is 20.9. The highest BCUT2D eigenvalue weighted by Crippen LogP contribution is 2.22. The Morgan fingerprint density at radius 2 is 1.95 bits per heavy atom. The van der Waals surface area contributed by atoms with Gasteiger partial charge in [0.15, 0.2) is 5.49 Å². The number of nitro benzene ring substituents is 1. The smallest absolute Gasteiger partial charge is 0.341 e. The summed E-state index contributed by atoms with van der Waals surface area (Å²) in [4.78, 5) is 59.7. The highest BCUT2D eigenvalue weighted by atomic mass is 16.6. The van der Waals surface area contributed by atoms with Gasteiger partial charge in [0.25, 0.3) is 17.2 Å². The van der Waals surface area contributed by atoms with Gasteiger partial charge in [-0.05, 0) is 50.2 Å². The summed E-state index contributed by atoms with van der Waals surface area (Å²) in [5, 5.41) is 11.5. The lowest BCUT2D eigenvalue weighted by Crippen LogP contribution is -2.33. The lowest BCUT2D eigenvalue weighted by Gasteiger charge is -2.14. The van der Waals surface area contributed by atoms with E-state index in [4.69, 9.17) is 9.15 Å². The van der Waals surface area contributed by atoms with E-state index in [1.54, 1.807) is 43.5 Å². The van der Waals surface area contributed by atoms with E-state index in [1.807, 2.05) is 0 Å². The Morgan fingerprint density at radius 3 is 2.67 bits per heavy atom. The molecule has 0 aliphatic heterocycles. The van der Waals surface area contributed by atoms with Crippen LogP contribution in [-0.4, -0.2) is 37.4 Å². The van der Waals surface area contributed by atoms with Gasteiger partial charge in [-0.1, -0.05) is 12.1 Å². The van der Waals surface area contributed by atoms with Gasteiger partial charge in [-0.3, -0.25) is 24.1 Å². The van der Waals surface area contributed by atoms with Crippen LogP contribution in [0.4, 0.5) is 5.69 Å². The van der Waals surface area contributed by atoms with Gasteiger partial charge in [-0.2, -0.15) is 4.99 Å². The number of carbonyl (C=O) groups excluding carboxylic acids is 2. The summed E-state index contributed by atoms with van der Waals surface area (Å²) in [6, 6.07) is 13.8. The number of furan rings is 1. The number of pyridine rings is 2. The first-order chi connectivity index (χ1) is 18.8. The summed E-state index contributed by atoms with van der Waals surface area (Å²) in [7, 11) is 0. The van der Waals surface area contributed by atoms with Crippen molar-refractivity contribution >= 4 is 34.2 Å². The number of carbonyl (C=O) groups is 2. The second-order valence-corrected chi connectivity index (χ2v) is 8.47. The second-order valence-electron chi connectivity index (χ2n) is 8.47. The van der Waals surface area contributed by atoms with E-state index in [-0.39, 0.29) is 52.1 Å². The third-order valence-electron chi connectivity index (χ3n) is 6.12. The fourth-order valence-corrected chi connectivity index (χ4v) is 4.27. The van der Waals surface area contributed by atoms with Crippen LogP contribution in [-0.2, 0) is 11.3 Å². The Kier molecular flexibility index (Phi) is 6.59. The van der Waals surface area contributed by atoms with E-state index >= 15 is 0 Å². The molecular weight excluding hydrogens is 506 g/mol. The Balaban J connectivity index is 1.89. The number of aromatic nitrogens is 3. The van der Waals surface area contributed by atoms with E-state index in [9.17, 15) is 24.5 Å². The molecule has 1 aromatic carbocycles. The second kappa shape index (κ2) is 10.2. The molecule has 0 aliphatic rings. The minimum atomic E-state index is -0.827. The summed E-state index contributed by atoms with van der Waals surface area (Å²) in [5.41, 5.74) is -0.393. The first kappa shape index (κ1) is 25.3. The molecule has 0 fully saturated rings. The number of ether oxygens (including phenoxy) is 1. The number of hydrogen-bond donors (Lipinski definition) is 0. The predicted molar refractivity (Wildman–Crippen MR) is 138 cm³/mol. The van der Waals surface area contributed by atoms with Crippen molar-refractivity contribution in [1.82, 2.24) is 14.0 Å². The normalized spacial score (nSPS) is 11.7. The van der Waals surface area contributed by atoms with Crippen LogP contribution >= 0.6 is 0 Å². The summed E-state index contributed by atoms with van der Waals surface area (Å²) in [5.74, 6) is -1.20. The number of nitro groups is 1. The van der Waals surface area contributed by atoms with Crippen molar-refractivity contribution in [2.45, 2.75) is 20.4 Å². The molecule has 0 aliphatic carbocycles. The Labute approximate surface area is 219 Å². The molecule has 0 atom stereocenters. The first-order valence-corrected chi connectivity index (χ1v) is 11.9. The van der Waals surface area contributed by atoms with Gasteiger partial charge in [0.2, 0.25) is 0 Å². The Morgan fingerprint density at radius 1 is 1.13 bits per heavy atom. The number of rotatable bonds is 6. The number of hydrogen-bond acceptors (Lipinski definition) is 8. The number of nitrogens with zero attached hydrogens (tertiary/aromatic N) is 5. The van der Waals surface area contributed by atoms with Crippen LogP contribution in [0.5, 0.6) is 0 Å². The quantitative estimate of drug-likeness (QED) is 0.141. The molecule has 5 rings (SSSR count). The molecule has 4 heterocycles. The van der Waals surface area contributed by atoms with Crippen LogP contribution in [0.2, 0.25) is 0 Å². The number of amides is 1. The maximum atomic E-state index is 13.4. The Hall–Kier alpha value is -5.39. The van der Waals surface area contributed by atoms with Crippen molar-refractivity contribution in [2.24, 2.45) is 4.99 Å². The highest BCUT2D eigenvalue weighted by Gasteiger charge is 2.23. The monoisotopic (exact) mass is 527 g/mol. The van der Waals surface area contributed by atoms with Crippen LogP contribution in [0.3, 0.4) is 0 Å². The number of esters is 1. The molecule has 5 aromatic rings. The standard InChI is InChI=1S/C27H21N5O7/c1-3-38-27(35)20-14-19-23(28-22-11-4-5-12-30(22)26(19)34)31(15-17-8-7-13-39-17)24(20)29-25(33)18-9-6-10-21(16(18)2)32(36)37/h4-14H,3,15H2,1-2H3. The van der Waals surface area contributed by atoms with Crippen LogP contribution in [0.25, 0.3) is 16.7 Å². The predicted octanol–water partition coefficient (Wildman–Crippen LogP) is 3.42. The lowest BCUT2D eigenvalue weighted by molar-refractivity contribution is -0.385. The zero-order valence-corrected chi connectivity index (χ0v) is 20.9. The SMILES string of the molecule is CCOC(=O)c1cc2c(=O)n3ccccc3nc2n(Cc2ccco2)c1=NC(=O)c1cccc([N+](=O)[O-])c1C. The molecule has 39 heavy (non-hydrogen) atoms. The van der Waals surface area contributed by atoms with Crippen molar-refractivity contribution < 1.29 is 23.7 Å². The molecule has 0 radical (unpaired) electrons. The lowest BCUT2D eigenvalue weighted by atomic mass is 10.1. The average molecular weight is 527 g/mol. The minimum absolute atomic E-state index is 0.0183. The average Bonchev–Trinajstić information content (AvgIpc) is 3.43. The zero-order chi connectivity index (χ0) is 27.7. The van der Waals surface area contributed by atoms with Gasteiger partial charge in [0.1, 0.15) is 22.6 Å². The summed E-state index contributed by atoms with van der Waals surface area (Å²) >= 11 is 0. The van der Waals surface area contributed by atoms with Crippen LogP contribution in [0.15, 0.2) is 81.3 Å². The van der Waals surface area contributed by atoms with Gasteiger partial charge >= 0.3 is 5.97 Å². The molecule has 1 amide bonds. The van der Waals surface area contributed by atoms with E-state index in [0.717, 1.165) is 0 Å². The van der Waals surface area contributed by atoms with Crippen molar-refractivity contribution in [2.75, 3.05) is 6.61 Å². The van der Waals surface area contributed by atoms with Crippen molar-refractivity contribution in [3.8, 4) is 0 Å². The van der Waals surface area contributed by atoms with E-state index in [1.165, 1.54) is 46.4 Å². The molecule has 0 spiro atoms. The van der Waals surface area contributed by atoms with E-state index in [0.29, 0.717) is 11.4 Å². The fraction of sp³-hybridized carbons (Fsp3) is 0.148. The van der Waals surface area contributed by atoms with Crippen molar-refractivity contribution in [1.29, 1.82) is 0 Å². The molecule has 4 aromatic heterocycles. The van der Waals surface area contributed by atoms with Crippen LogP contribution in [0.1, 0.15) is 39.0 Å². The van der Waals surface area contributed by atoms with Gasteiger partial charge in [-0.15, -0.1) is 0 Å². The van der Waals surface area contributed by atoms with Crippen molar-refractivity contribution in [3.63, 3.8) is 0 Å². The molecular formula is C27H21N5O7. The fourth-order valence-electron chi connectivity index (χ4n) is 4.27. The Bertz CT molecular complexity index is 1900. The number of benzene rings is 1. The number of fused-ring (bicyclic) bond motifs is 2. The van der Waals surface area contributed by atoms with Gasteiger partial charge < -0.3 is 13.7 Å². The molecule has 12 nitrogen and oxygen atoms in total. The first-order valence-electron chi connectivity index (χ1n) is 11.9. The molecule has 12 heteroatoms. The molecule has 0 N–H and O–H groups in total. The largest absolute Gasteiger partial charge is 0.467 e. The topological polar surface area (TPSA) is 151 Å². The molecule has 196 valence electrons. The molecule has 0 saturated carbocycles. The maximum Gasteiger partial charge on any atom is 0.341 e. The minimum Gasteiger partial charge on any atom is -0.467 e. The third-order valence-corrected chi connectivity index (χ3v) is 6.12.